The number of hydrogen-bond acceptors (Lipinski definition) is 2. The molecular weight excluding hydrogens is 316 g/mol. The maximum absolute atomic E-state index is 5.74. The van der Waals surface area contributed by atoms with Crippen molar-refractivity contribution in [3.8, 4) is 0 Å². The van der Waals surface area contributed by atoms with Gasteiger partial charge < -0.3 is 5.73 Å². The fourth-order valence-corrected chi connectivity index (χ4v) is 3.93. The largest absolute Gasteiger partial charge is 0.326 e. The second-order valence-electron chi connectivity index (χ2n) is 7.69. The van der Waals surface area contributed by atoms with Crippen LogP contribution in [0.15, 0.2) is 66.7 Å². The van der Waals surface area contributed by atoms with Crippen LogP contribution in [0.4, 0.5) is 0 Å². The number of nitrogens with zero attached hydrogens (tertiary/aromatic N) is 1. The second-order valence-corrected chi connectivity index (χ2v) is 7.69. The van der Waals surface area contributed by atoms with Gasteiger partial charge in [0.15, 0.2) is 0 Å². The van der Waals surface area contributed by atoms with E-state index in [2.05, 4.69) is 66.1 Å². The van der Waals surface area contributed by atoms with Crippen LogP contribution < -0.4 is 5.73 Å². The van der Waals surface area contributed by atoms with E-state index in [1.54, 1.807) is 0 Å². The molecule has 0 spiro atoms. The third kappa shape index (κ3) is 5.82. The van der Waals surface area contributed by atoms with Crippen molar-refractivity contribution in [1.82, 2.24) is 4.90 Å². The highest BCUT2D eigenvalue weighted by atomic mass is 15.1. The van der Waals surface area contributed by atoms with Crippen LogP contribution in [0.1, 0.15) is 42.4 Å². The van der Waals surface area contributed by atoms with E-state index >= 15 is 0 Å². The van der Waals surface area contributed by atoms with Crippen LogP contribution in [-0.4, -0.2) is 18.0 Å². The third-order valence-corrected chi connectivity index (χ3v) is 5.54. The summed E-state index contributed by atoms with van der Waals surface area (Å²) in [6, 6.07) is 19.4. The highest BCUT2D eigenvalue weighted by Gasteiger charge is 2.19. The molecule has 0 aliphatic carbocycles. The summed E-state index contributed by atoms with van der Waals surface area (Å²) in [5.74, 6) is 0.856. The Morgan fingerprint density at radius 3 is 2.38 bits per heavy atom. The minimum atomic E-state index is 0.613. The van der Waals surface area contributed by atoms with Crippen molar-refractivity contribution in [2.24, 2.45) is 11.7 Å². The Morgan fingerprint density at radius 2 is 1.65 bits per heavy atom. The van der Waals surface area contributed by atoms with Gasteiger partial charge >= 0.3 is 0 Å². The highest BCUT2D eigenvalue weighted by Crippen LogP contribution is 2.25. The summed E-state index contributed by atoms with van der Waals surface area (Å²) in [6.07, 6.45) is 6.07. The first-order chi connectivity index (χ1) is 12.7. The molecule has 26 heavy (non-hydrogen) atoms. The molecule has 0 atom stereocenters. The summed E-state index contributed by atoms with van der Waals surface area (Å²) < 4.78 is 0. The molecule has 1 fully saturated rings. The van der Waals surface area contributed by atoms with Gasteiger partial charge in [-0.05, 0) is 67.8 Å². The zero-order chi connectivity index (χ0) is 18.2. The number of nitrogens with two attached hydrogens (primary N) is 1. The van der Waals surface area contributed by atoms with E-state index in [0.29, 0.717) is 6.54 Å². The Balaban J connectivity index is 1.37. The van der Waals surface area contributed by atoms with Gasteiger partial charge in [-0.1, -0.05) is 66.7 Å². The van der Waals surface area contributed by atoms with Gasteiger partial charge in [0, 0.05) is 13.1 Å². The van der Waals surface area contributed by atoms with Crippen LogP contribution in [0.3, 0.4) is 0 Å². The normalized spacial score (nSPS) is 15.9. The summed E-state index contributed by atoms with van der Waals surface area (Å²) in [4.78, 5) is 2.60. The zero-order valence-electron chi connectivity index (χ0n) is 15.9. The van der Waals surface area contributed by atoms with Crippen molar-refractivity contribution in [3.05, 3.63) is 83.4 Å². The molecule has 0 amide bonds. The van der Waals surface area contributed by atoms with Gasteiger partial charge in [-0.15, -0.1) is 0 Å². The van der Waals surface area contributed by atoms with Gasteiger partial charge in [0.2, 0.25) is 0 Å². The predicted octanol–water partition coefficient (Wildman–Crippen LogP) is 4.94. The number of benzene rings is 2. The van der Waals surface area contributed by atoms with E-state index in [-0.39, 0.29) is 0 Å². The van der Waals surface area contributed by atoms with Crippen LogP contribution in [0.25, 0.3) is 0 Å². The van der Waals surface area contributed by atoms with Crippen LogP contribution in [-0.2, 0) is 19.5 Å². The molecule has 2 N–H and O–H groups in total. The van der Waals surface area contributed by atoms with Gasteiger partial charge in [-0.25, -0.2) is 0 Å². The number of allylic oxidation sites excluding steroid dienone is 1. The lowest BCUT2D eigenvalue weighted by atomic mass is 9.89. The van der Waals surface area contributed by atoms with Crippen LogP contribution in [0, 0.1) is 5.92 Å². The smallest absolute Gasteiger partial charge is 0.0233 e. The molecule has 1 aliphatic rings. The molecule has 2 aromatic rings. The number of likely N-dealkylation sites (tertiary alicyclic amines) is 1. The van der Waals surface area contributed by atoms with E-state index in [9.17, 15) is 0 Å². The molecule has 0 aromatic heterocycles. The van der Waals surface area contributed by atoms with E-state index in [4.69, 9.17) is 5.73 Å². The molecule has 138 valence electrons. The standard InChI is InChI=1S/C24H32N2/c1-20(16-23-8-5-9-24(17-23)18-25)10-11-21-12-14-26(15-13-21)19-22-6-3-2-4-7-22/h2-9,17,21H,1,10-16,18-19,25H2. The third-order valence-electron chi connectivity index (χ3n) is 5.54. The summed E-state index contributed by atoms with van der Waals surface area (Å²) in [7, 11) is 0. The highest BCUT2D eigenvalue weighted by molar-refractivity contribution is 5.26. The Labute approximate surface area is 158 Å². The minimum absolute atomic E-state index is 0.613. The van der Waals surface area contributed by atoms with E-state index in [0.717, 1.165) is 25.3 Å². The molecule has 1 saturated heterocycles. The molecule has 2 heteroatoms. The molecular formula is C24H32N2. The van der Waals surface area contributed by atoms with Crippen molar-refractivity contribution < 1.29 is 0 Å². The Kier molecular flexibility index (Phi) is 7.04. The minimum Gasteiger partial charge on any atom is -0.326 e. The topological polar surface area (TPSA) is 29.3 Å². The first kappa shape index (κ1) is 18.9. The van der Waals surface area contributed by atoms with E-state index in [1.165, 1.54) is 54.6 Å². The van der Waals surface area contributed by atoms with Crippen molar-refractivity contribution in [2.45, 2.75) is 45.2 Å². The second kappa shape index (κ2) is 9.70. The molecule has 2 aromatic carbocycles. The Bertz CT molecular complexity index is 684. The first-order valence-electron chi connectivity index (χ1n) is 9.94. The van der Waals surface area contributed by atoms with Gasteiger partial charge in [-0.3, -0.25) is 4.90 Å². The lowest BCUT2D eigenvalue weighted by Crippen LogP contribution is -2.33. The number of rotatable bonds is 8. The van der Waals surface area contributed by atoms with Crippen LogP contribution in [0.2, 0.25) is 0 Å². The first-order valence-corrected chi connectivity index (χ1v) is 9.94. The van der Waals surface area contributed by atoms with E-state index in [1.807, 2.05) is 0 Å². The van der Waals surface area contributed by atoms with Crippen LogP contribution in [0.5, 0.6) is 0 Å². The molecule has 0 bridgehead atoms. The van der Waals surface area contributed by atoms with Crippen molar-refractivity contribution >= 4 is 0 Å². The van der Waals surface area contributed by atoms with Gasteiger partial charge in [0.05, 0.1) is 0 Å². The summed E-state index contributed by atoms with van der Waals surface area (Å²) >= 11 is 0. The predicted molar refractivity (Wildman–Crippen MR) is 111 cm³/mol. The molecule has 3 rings (SSSR count). The monoisotopic (exact) mass is 348 g/mol. The summed E-state index contributed by atoms with van der Waals surface area (Å²) in [5.41, 5.74) is 11.1. The molecule has 1 aliphatic heterocycles. The fourth-order valence-electron chi connectivity index (χ4n) is 3.93. The van der Waals surface area contributed by atoms with Crippen molar-refractivity contribution in [2.75, 3.05) is 13.1 Å². The summed E-state index contributed by atoms with van der Waals surface area (Å²) in [6.45, 7) is 8.48. The maximum Gasteiger partial charge on any atom is 0.0233 e. The van der Waals surface area contributed by atoms with Gasteiger partial charge in [-0.2, -0.15) is 0 Å². The van der Waals surface area contributed by atoms with Crippen LogP contribution >= 0.6 is 0 Å². The van der Waals surface area contributed by atoms with Gasteiger partial charge in [0.1, 0.15) is 0 Å². The number of piperidine rings is 1. The molecule has 1 heterocycles. The van der Waals surface area contributed by atoms with Gasteiger partial charge in [0.25, 0.3) is 0 Å². The average Bonchev–Trinajstić information content (AvgIpc) is 2.68. The quantitative estimate of drug-likeness (QED) is 0.685. The zero-order valence-corrected chi connectivity index (χ0v) is 15.9. The average molecular weight is 349 g/mol. The Hall–Kier alpha value is -1.90. The lowest BCUT2D eigenvalue weighted by molar-refractivity contribution is 0.172. The van der Waals surface area contributed by atoms with Crippen molar-refractivity contribution in [1.29, 1.82) is 0 Å². The molecule has 0 unspecified atom stereocenters. The molecule has 0 saturated carbocycles. The number of hydrogen-bond donors (Lipinski definition) is 1. The maximum atomic E-state index is 5.74. The SMILES string of the molecule is C=C(CCC1CCN(Cc2ccccc2)CC1)Cc1cccc(CN)c1. The molecule has 0 radical (unpaired) electrons. The van der Waals surface area contributed by atoms with Crippen molar-refractivity contribution in [3.63, 3.8) is 0 Å². The Morgan fingerprint density at radius 1 is 0.962 bits per heavy atom. The summed E-state index contributed by atoms with van der Waals surface area (Å²) in [5, 5.41) is 0. The fraction of sp³-hybridized carbons (Fsp3) is 0.417. The molecule has 2 nitrogen and oxygen atoms in total. The lowest BCUT2D eigenvalue weighted by Gasteiger charge is -2.32. The van der Waals surface area contributed by atoms with E-state index < -0.39 is 0 Å².